The largest absolute Gasteiger partial charge is 0.354 e. The topological polar surface area (TPSA) is 58.2 Å². The van der Waals surface area contributed by atoms with E-state index in [1.807, 2.05) is 0 Å². The van der Waals surface area contributed by atoms with E-state index < -0.39 is 0 Å². The molecule has 6 heteroatoms. The molecule has 4 fully saturated rings. The van der Waals surface area contributed by atoms with Crippen LogP contribution < -0.4 is 10.6 Å². The maximum atomic E-state index is 12.9. The second-order valence-corrected chi connectivity index (χ2v) is 10.5. The third-order valence-electron chi connectivity index (χ3n) is 6.48. The maximum absolute atomic E-state index is 12.9. The summed E-state index contributed by atoms with van der Waals surface area (Å²) in [4.78, 5) is 24.9. The molecule has 1 aromatic carbocycles. The van der Waals surface area contributed by atoms with Crippen LogP contribution in [0.4, 0.5) is 4.39 Å². The molecule has 146 valence electrons. The van der Waals surface area contributed by atoms with E-state index in [0.29, 0.717) is 24.9 Å². The summed E-state index contributed by atoms with van der Waals surface area (Å²) >= 11 is 3.94. The van der Waals surface area contributed by atoms with Gasteiger partial charge in [-0.3, -0.25) is 9.59 Å². The van der Waals surface area contributed by atoms with Gasteiger partial charge in [-0.1, -0.05) is 28.1 Å². The van der Waals surface area contributed by atoms with Gasteiger partial charge in [-0.25, -0.2) is 4.39 Å². The summed E-state index contributed by atoms with van der Waals surface area (Å²) in [6.07, 6.45) is 6.88. The molecule has 2 N–H and O–H groups in total. The van der Waals surface area contributed by atoms with E-state index in [1.165, 1.54) is 31.4 Å². The molecule has 0 radical (unpaired) electrons. The summed E-state index contributed by atoms with van der Waals surface area (Å²) in [5, 5.41) is 5.89. The van der Waals surface area contributed by atoms with Gasteiger partial charge in [0.2, 0.25) is 11.8 Å². The molecule has 4 aliphatic carbocycles. The number of alkyl halides is 1. The standard InChI is InChI=1S/C21H26BrFN2O2/c22-21-11-15-7-16(12-21)10-20(9-15,13-21)19(27)25-6-5-24-18(26)8-14-1-3-17(23)4-2-14/h1-4,15-16H,5-13H2,(H,24,26)(H,25,27). The van der Waals surface area contributed by atoms with Crippen LogP contribution >= 0.6 is 15.9 Å². The highest BCUT2D eigenvalue weighted by atomic mass is 79.9. The fourth-order valence-corrected chi connectivity index (χ4v) is 7.28. The first-order valence-electron chi connectivity index (χ1n) is 9.84. The van der Waals surface area contributed by atoms with Crippen molar-refractivity contribution < 1.29 is 14.0 Å². The Morgan fingerprint density at radius 3 is 2.30 bits per heavy atom. The first-order valence-corrected chi connectivity index (χ1v) is 10.6. The van der Waals surface area contributed by atoms with E-state index in [4.69, 9.17) is 0 Å². The van der Waals surface area contributed by atoms with Gasteiger partial charge in [0.25, 0.3) is 0 Å². The van der Waals surface area contributed by atoms with Crippen LogP contribution in [0.5, 0.6) is 0 Å². The fourth-order valence-electron chi connectivity index (χ4n) is 5.83. The van der Waals surface area contributed by atoms with Crippen molar-refractivity contribution in [2.45, 2.75) is 49.3 Å². The molecule has 4 nitrogen and oxygen atoms in total. The SMILES string of the molecule is O=C(Cc1ccc(F)cc1)NCCNC(=O)C12CC3CC(CC(Br)(C3)C1)C2. The third kappa shape index (κ3) is 4.05. The summed E-state index contributed by atoms with van der Waals surface area (Å²) in [6, 6.07) is 5.93. The molecular weight excluding hydrogens is 411 g/mol. The number of hydrogen-bond acceptors (Lipinski definition) is 2. The van der Waals surface area contributed by atoms with Crippen LogP contribution in [-0.4, -0.2) is 29.2 Å². The molecule has 0 aliphatic heterocycles. The highest BCUT2D eigenvalue weighted by Crippen LogP contribution is 2.64. The Kier molecular flexibility index (Phi) is 5.04. The molecule has 27 heavy (non-hydrogen) atoms. The number of carbonyl (C=O) groups is 2. The average Bonchev–Trinajstić information content (AvgIpc) is 2.58. The van der Waals surface area contributed by atoms with Crippen molar-refractivity contribution in [1.82, 2.24) is 10.6 Å². The smallest absolute Gasteiger partial charge is 0.226 e. The average molecular weight is 437 g/mol. The predicted octanol–water partition coefficient (Wildman–Crippen LogP) is 3.33. The number of halogens is 2. The summed E-state index contributed by atoms with van der Waals surface area (Å²) in [6.45, 7) is 0.856. The van der Waals surface area contributed by atoms with Gasteiger partial charge in [-0.2, -0.15) is 0 Å². The highest BCUT2D eigenvalue weighted by Gasteiger charge is 2.59. The molecule has 1 aromatic rings. The number of amides is 2. The van der Waals surface area contributed by atoms with E-state index >= 15 is 0 Å². The van der Waals surface area contributed by atoms with Crippen molar-refractivity contribution in [3.05, 3.63) is 35.6 Å². The molecule has 2 unspecified atom stereocenters. The quantitative estimate of drug-likeness (QED) is 0.530. The van der Waals surface area contributed by atoms with Gasteiger partial charge in [0.1, 0.15) is 5.82 Å². The summed E-state index contributed by atoms with van der Waals surface area (Å²) in [5.41, 5.74) is 0.556. The van der Waals surface area contributed by atoms with Gasteiger partial charge in [0.05, 0.1) is 11.8 Å². The number of rotatable bonds is 6. The molecule has 4 bridgehead atoms. The zero-order valence-electron chi connectivity index (χ0n) is 15.4. The Hall–Kier alpha value is -1.43. The molecule has 2 amide bonds. The molecule has 4 saturated carbocycles. The van der Waals surface area contributed by atoms with E-state index in [0.717, 1.165) is 24.8 Å². The summed E-state index contributed by atoms with van der Waals surface area (Å²) < 4.78 is 13.1. The minimum Gasteiger partial charge on any atom is -0.354 e. The molecule has 0 saturated heterocycles. The Morgan fingerprint density at radius 2 is 1.67 bits per heavy atom. The molecule has 0 spiro atoms. The van der Waals surface area contributed by atoms with Crippen molar-refractivity contribution in [2.75, 3.05) is 13.1 Å². The van der Waals surface area contributed by atoms with Crippen LogP contribution in [0.3, 0.4) is 0 Å². The fraction of sp³-hybridized carbons (Fsp3) is 0.619. The van der Waals surface area contributed by atoms with Crippen LogP contribution in [-0.2, 0) is 16.0 Å². The Bertz CT molecular complexity index is 722. The Balaban J connectivity index is 1.23. The lowest BCUT2D eigenvalue weighted by Gasteiger charge is -2.59. The van der Waals surface area contributed by atoms with E-state index in [9.17, 15) is 14.0 Å². The summed E-state index contributed by atoms with van der Waals surface area (Å²) in [5.74, 6) is 1.08. The molecule has 0 heterocycles. The van der Waals surface area contributed by atoms with Gasteiger partial charge in [0.15, 0.2) is 0 Å². The Morgan fingerprint density at radius 1 is 1.04 bits per heavy atom. The lowest BCUT2D eigenvalue weighted by Crippen LogP contribution is -2.58. The van der Waals surface area contributed by atoms with Gasteiger partial charge in [-0.15, -0.1) is 0 Å². The first-order chi connectivity index (χ1) is 12.9. The van der Waals surface area contributed by atoms with E-state index in [-0.39, 0.29) is 33.8 Å². The van der Waals surface area contributed by atoms with Crippen LogP contribution in [0.15, 0.2) is 24.3 Å². The minimum atomic E-state index is -0.309. The number of benzene rings is 1. The molecule has 2 atom stereocenters. The molecular formula is C21H26BrFN2O2. The first kappa shape index (κ1) is 18.9. The Labute approximate surface area is 167 Å². The number of nitrogens with one attached hydrogen (secondary N) is 2. The zero-order chi connectivity index (χ0) is 19.1. The van der Waals surface area contributed by atoms with Crippen LogP contribution in [0.2, 0.25) is 0 Å². The van der Waals surface area contributed by atoms with Crippen molar-refractivity contribution in [1.29, 1.82) is 0 Å². The van der Waals surface area contributed by atoms with Crippen molar-refractivity contribution in [2.24, 2.45) is 17.3 Å². The van der Waals surface area contributed by atoms with Gasteiger partial charge >= 0.3 is 0 Å². The summed E-state index contributed by atoms with van der Waals surface area (Å²) in [7, 11) is 0. The lowest BCUT2D eigenvalue weighted by atomic mass is 9.49. The zero-order valence-corrected chi connectivity index (χ0v) is 17.0. The lowest BCUT2D eigenvalue weighted by molar-refractivity contribution is -0.144. The van der Waals surface area contributed by atoms with Gasteiger partial charge < -0.3 is 10.6 Å². The normalized spacial score (nSPS) is 33.7. The number of carbonyl (C=O) groups excluding carboxylic acids is 2. The van der Waals surface area contributed by atoms with Crippen LogP contribution in [0.25, 0.3) is 0 Å². The molecule has 0 aromatic heterocycles. The second kappa shape index (κ2) is 7.19. The van der Waals surface area contributed by atoms with Crippen molar-refractivity contribution in [3.8, 4) is 0 Å². The van der Waals surface area contributed by atoms with E-state index in [1.54, 1.807) is 12.1 Å². The monoisotopic (exact) mass is 436 g/mol. The second-order valence-electron chi connectivity index (χ2n) is 8.80. The minimum absolute atomic E-state index is 0.120. The predicted molar refractivity (Wildman–Crippen MR) is 105 cm³/mol. The van der Waals surface area contributed by atoms with Crippen LogP contribution in [0.1, 0.15) is 44.1 Å². The van der Waals surface area contributed by atoms with Crippen LogP contribution in [0, 0.1) is 23.1 Å². The maximum Gasteiger partial charge on any atom is 0.226 e. The van der Waals surface area contributed by atoms with E-state index in [2.05, 4.69) is 26.6 Å². The van der Waals surface area contributed by atoms with Crippen molar-refractivity contribution >= 4 is 27.7 Å². The van der Waals surface area contributed by atoms with Gasteiger partial charge in [0, 0.05) is 17.4 Å². The molecule has 4 aliphatic rings. The third-order valence-corrected chi connectivity index (χ3v) is 7.41. The number of hydrogen-bond donors (Lipinski definition) is 2. The van der Waals surface area contributed by atoms with Gasteiger partial charge in [-0.05, 0) is 68.1 Å². The highest BCUT2D eigenvalue weighted by molar-refractivity contribution is 9.10. The molecule has 5 rings (SSSR count). The van der Waals surface area contributed by atoms with Crippen molar-refractivity contribution in [3.63, 3.8) is 0 Å².